The van der Waals surface area contributed by atoms with Gasteiger partial charge in [-0.05, 0) is 24.3 Å². The van der Waals surface area contributed by atoms with Crippen LogP contribution in [0.15, 0.2) is 48.9 Å². The summed E-state index contributed by atoms with van der Waals surface area (Å²) in [7, 11) is 1.56. The van der Waals surface area contributed by atoms with Crippen molar-refractivity contribution < 1.29 is 9.66 Å². The topological polar surface area (TPSA) is 170 Å². The quantitative estimate of drug-likeness (QED) is 0.157. The fourth-order valence-electron chi connectivity index (χ4n) is 3.20. The molecule has 13 heteroatoms. The number of anilines is 3. The number of nitrogens with zero attached hydrogens (tertiary/aromatic N) is 5. The number of rotatable bonds is 9. The molecule has 0 bridgehead atoms. The van der Waals surface area contributed by atoms with E-state index in [0.29, 0.717) is 52.7 Å². The Morgan fingerprint density at radius 3 is 2.68 bits per heavy atom. The van der Waals surface area contributed by atoms with Crippen molar-refractivity contribution >= 4 is 34.9 Å². The van der Waals surface area contributed by atoms with Crippen LogP contribution in [0.2, 0.25) is 5.02 Å². The molecule has 0 atom stereocenters. The molecule has 0 aliphatic carbocycles. The average Bonchev–Trinajstić information content (AvgIpc) is 3.36. The number of benzene rings is 1. The molecule has 1 aromatic carbocycles. The maximum Gasteiger partial charge on any atom is 0.311 e. The Bertz CT molecular complexity index is 1320. The molecule has 5 N–H and O–H groups in total. The highest BCUT2D eigenvalue weighted by Gasteiger charge is 2.17. The summed E-state index contributed by atoms with van der Waals surface area (Å²) in [6, 6.07) is 8.10. The van der Waals surface area contributed by atoms with Gasteiger partial charge in [0.2, 0.25) is 11.8 Å². The second-order valence-electron chi connectivity index (χ2n) is 6.95. The molecule has 0 fully saturated rings. The van der Waals surface area contributed by atoms with Crippen molar-refractivity contribution in [2.75, 3.05) is 36.6 Å². The lowest BCUT2D eigenvalue weighted by molar-refractivity contribution is -0.384. The predicted molar refractivity (Wildman–Crippen MR) is 129 cm³/mol. The van der Waals surface area contributed by atoms with Crippen LogP contribution >= 0.6 is 11.6 Å². The Hall–Kier alpha value is -4.45. The monoisotopic (exact) mass is 481 g/mol. The predicted octanol–water partition coefficient (Wildman–Crippen LogP) is 3.61. The molecular formula is C21H20ClN9O3. The van der Waals surface area contributed by atoms with Crippen molar-refractivity contribution in [3.63, 3.8) is 0 Å². The molecule has 3 aromatic heterocycles. The zero-order valence-corrected chi connectivity index (χ0v) is 18.7. The highest BCUT2D eigenvalue weighted by molar-refractivity contribution is 6.30. The molecule has 3 heterocycles. The third kappa shape index (κ3) is 4.96. The first kappa shape index (κ1) is 22.7. The third-order valence-corrected chi connectivity index (χ3v) is 5.01. The number of nitrogen functional groups attached to an aromatic ring is 1. The van der Waals surface area contributed by atoms with Gasteiger partial charge in [0.05, 0.1) is 23.3 Å². The van der Waals surface area contributed by atoms with E-state index in [9.17, 15) is 10.1 Å². The van der Waals surface area contributed by atoms with Gasteiger partial charge in [-0.1, -0.05) is 11.6 Å². The molecule has 0 saturated heterocycles. The van der Waals surface area contributed by atoms with Crippen molar-refractivity contribution in [3.05, 3.63) is 64.1 Å². The Morgan fingerprint density at radius 1 is 1.15 bits per heavy atom. The number of hydrogen-bond acceptors (Lipinski definition) is 10. The van der Waals surface area contributed by atoms with Gasteiger partial charge in [0, 0.05) is 48.3 Å². The lowest BCUT2D eigenvalue weighted by Gasteiger charge is -2.13. The van der Waals surface area contributed by atoms with E-state index in [4.69, 9.17) is 22.1 Å². The van der Waals surface area contributed by atoms with Crippen LogP contribution in [0.25, 0.3) is 22.6 Å². The van der Waals surface area contributed by atoms with E-state index in [0.717, 1.165) is 5.56 Å². The summed E-state index contributed by atoms with van der Waals surface area (Å²) in [6.45, 7) is 0.878. The summed E-state index contributed by atoms with van der Waals surface area (Å²) in [4.78, 5) is 30.7. The number of nitrogens with two attached hydrogens (primary N) is 1. The van der Waals surface area contributed by atoms with Crippen LogP contribution in [0.3, 0.4) is 0 Å². The minimum Gasteiger partial charge on any atom is -0.496 e. The zero-order valence-electron chi connectivity index (χ0n) is 17.9. The number of aromatic amines is 1. The number of imidazole rings is 1. The minimum atomic E-state index is -0.579. The van der Waals surface area contributed by atoms with Gasteiger partial charge in [0.15, 0.2) is 0 Å². The summed E-state index contributed by atoms with van der Waals surface area (Å²) in [5.74, 6) is 1.84. The first-order chi connectivity index (χ1) is 16.5. The number of ether oxygens (including phenoxy) is 1. The first-order valence-corrected chi connectivity index (χ1v) is 10.4. The van der Waals surface area contributed by atoms with Crippen LogP contribution in [0.1, 0.15) is 0 Å². The van der Waals surface area contributed by atoms with Crippen LogP contribution in [-0.4, -0.2) is 50.0 Å². The zero-order chi connectivity index (χ0) is 24.1. The third-order valence-electron chi connectivity index (χ3n) is 4.77. The molecule has 34 heavy (non-hydrogen) atoms. The molecule has 0 radical (unpaired) electrons. The Balaban J connectivity index is 1.52. The highest BCUT2D eigenvalue weighted by Crippen LogP contribution is 2.36. The molecular weight excluding hydrogens is 462 g/mol. The fourth-order valence-corrected chi connectivity index (χ4v) is 3.37. The minimum absolute atomic E-state index is 0.152. The number of nitro groups is 1. The second kappa shape index (κ2) is 10.0. The van der Waals surface area contributed by atoms with E-state index in [-0.39, 0.29) is 11.5 Å². The van der Waals surface area contributed by atoms with Gasteiger partial charge < -0.3 is 26.1 Å². The lowest BCUT2D eigenvalue weighted by Crippen LogP contribution is -2.16. The van der Waals surface area contributed by atoms with Crippen molar-refractivity contribution in [1.82, 2.24) is 24.9 Å². The Kier molecular flexibility index (Phi) is 6.69. The van der Waals surface area contributed by atoms with E-state index < -0.39 is 4.92 Å². The van der Waals surface area contributed by atoms with Gasteiger partial charge in [0.25, 0.3) is 0 Å². The highest BCUT2D eigenvalue weighted by atomic mass is 35.5. The summed E-state index contributed by atoms with van der Waals surface area (Å²) in [5.41, 5.74) is 7.42. The molecule has 0 aliphatic heterocycles. The number of methoxy groups -OCH3 is 1. The first-order valence-electron chi connectivity index (χ1n) is 10.1. The largest absolute Gasteiger partial charge is 0.496 e. The summed E-state index contributed by atoms with van der Waals surface area (Å²) in [6.07, 6.45) is 5.04. The van der Waals surface area contributed by atoms with E-state index >= 15 is 0 Å². The number of pyridine rings is 1. The number of H-pyrrole nitrogens is 1. The molecule has 12 nitrogen and oxygen atoms in total. The summed E-state index contributed by atoms with van der Waals surface area (Å²) < 4.78 is 5.51. The van der Waals surface area contributed by atoms with Gasteiger partial charge in [-0.25, -0.2) is 19.9 Å². The average molecular weight is 482 g/mol. The number of hydrogen-bond donors (Lipinski definition) is 4. The van der Waals surface area contributed by atoms with Gasteiger partial charge >= 0.3 is 5.69 Å². The maximum absolute atomic E-state index is 10.9. The summed E-state index contributed by atoms with van der Waals surface area (Å²) >= 11 is 6.13. The fraction of sp³-hybridized carbons (Fsp3) is 0.143. The van der Waals surface area contributed by atoms with E-state index in [1.807, 2.05) is 6.07 Å². The van der Waals surface area contributed by atoms with Crippen molar-refractivity contribution in [3.8, 4) is 28.4 Å². The van der Waals surface area contributed by atoms with Gasteiger partial charge in [-0.3, -0.25) is 10.1 Å². The van der Waals surface area contributed by atoms with Crippen LogP contribution in [0.5, 0.6) is 5.75 Å². The van der Waals surface area contributed by atoms with Crippen molar-refractivity contribution in [1.29, 1.82) is 0 Å². The van der Waals surface area contributed by atoms with Gasteiger partial charge in [-0.2, -0.15) is 0 Å². The van der Waals surface area contributed by atoms with Crippen LogP contribution < -0.4 is 21.1 Å². The molecule has 0 amide bonds. The van der Waals surface area contributed by atoms with E-state index in [2.05, 4.69) is 35.6 Å². The standard InChI is InChI=1S/C21H20ClN9O3/c1-34-16-10-12(22)2-3-13(16)18-14(20-25-7-8-26-20)11-28-21(30-18)27-9-6-24-17-5-4-15(31(32)33)19(23)29-17/h2-5,7-8,10-11H,6,9H2,1H3,(H,25,26)(H3,23,24,29)(H,27,28,30). The number of nitrogens with one attached hydrogen (secondary N) is 3. The SMILES string of the molecule is COc1cc(Cl)ccc1-c1nc(NCCNc2ccc([N+](=O)[O-])c(N)n2)ncc1-c1ncc[nH]1. The van der Waals surface area contributed by atoms with Crippen LogP contribution in [-0.2, 0) is 0 Å². The molecule has 4 rings (SSSR count). The van der Waals surface area contributed by atoms with Crippen LogP contribution in [0.4, 0.5) is 23.3 Å². The van der Waals surface area contributed by atoms with Crippen LogP contribution in [0, 0.1) is 10.1 Å². The molecule has 0 spiro atoms. The van der Waals surface area contributed by atoms with Crippen molar-refractivity contribution in [2.45, 2.75) is 0 Å². The molecule has 0 unspecified atom stereocenters. The molecule has 174 valence electrons. The Labute approximate surface area is 198 Å². The molecule has 4 aromatic rings. The maximum atomic E-state index is 10.9. The second-order valence-corrected chi connectivity index (χ2v) is 7.39. The van der Waals surface area contributed by atoms with Gasteiger partial charge in [0.1, 0.15) is 17.4 Å². The molecule has 0 saturated carbocycles. The number of aromatic nitrogens is 5. The van der Waals surface area contributed by atoms with Gasteiger partial charge in [-0.15, -0.1) is 0 Å². The Morgan fingerprint density at radius 2 is 1.97 bits per heavy atom. The number of halogens is 1. The van der Waals surface area contributed by atoms with E-state index in [1.165, 1.54) is 12.1 Å². The molecule has 0 aliphatic rings. The smallest absolute Gasteiger partial charge is 0.311 e. The lowest BCUT2D eigenvalue weighted by atomic mass is 10.1. The van der Waals surface area contributed by atoms with E-state index in [1.54, 1.807) is 37.8 Å². The van der Waals surface area contributed by atoms with Crippen molar-refractivity contribution in [2.24, 2.45) is 0 Å². The normalized spacial score (nSPS) is 10.6. The summed E-state index contributed by atoms with van der Waals surface area (Å²) in [5, 5.41) is 17.6.